The Morgan fingerprint density at radius 3 is 2.42 bits per heavy atom. The topological polar surface area (TPSA) is 68.9 Å². The molecular weight excluding hydrogens is 461 g/mol. The molecule has 3 rings (SSSR count). The molecule has 1 unspecified atom stereocenters. The predicted octanol–water partition coefficient (Wildman–Crippen LogP) is 6.79. The second kappa shape index (κ2) is 10.2. The third kappa shape index (κ3) is 6.22. The lowest BCUT2D eigenvalue weighted by molar-refractivity contribution is -0.153. The van der Waals surface area contributed by atoms with Crippen molar-refractivity contribution in [3.05, 3.63) is 70.4 Å². The van der Waals surface area contributed by atoms with E-state index in [0.717, 1.165) is 0 Å². The normalized spacial score (nSPS) is 12.4. The van der Waals surface area contributed by atoms with Crippen molar-refractivity contribution in [2.75, 3.05) is 6.61 Å². The van der Waals surface area contributed by atoms with Gasteiger partial charge < -0.3 is 19.0 Å². The molecule has 33 heavy (non-hydrogen) atoms. The summed E-state index contributed by atoms with van der Waals surface area (Å²) in [5, 5.41) is 9.59. The zero-order chi connectivity index (χ0) is 24.2. The van der Waals surface area contributed by atoms with E-state index in [1.807, 2.05) is 0 Å². The second-order valence-corrected chi connectivity index (χ2v) is 7.78. The number of aliphatic carboxylic acids is 1. The monoisotopic (exact) mass is 482 g/mol. The second-order valence-electron chi connectivity index (χ2n) is 7.35. The van der Waals surface area contributed by atoms with E-state index in [4.69, 9.17) is 30.6 Å². The molecule has 0 bridgehead atoms. The van der Waals surface area contributed by atoms with Crippen molar-refractivity contribution in [1.29, 1.82) is 0 Å². The molecule has 0 spiro atoms. The summed E-state index contributed by atoms with van der Waals surface area (Å²) >= 11 is 5.84. The molecular formula is C24H22ClF3O5. The van der Waals surface area contributed by atoms with Crippen LogP contribution < -0.4 is 9.47 Å². The number of halogens is 4. The van der Waals surface area contributed by atoms with Crippen molar-refractivity contribution >= 4 is 17.6 Å². The molecule has 1 atom stereocenters. The quantitative estimate of drug-likeness (QED) is 0.363. The van der Waals surface area contributed by atoms with Gasteiger partial charge in [-0.1, -0.05) is 18.5 Å². The van der Waals surface area contributed by atoms with Crippen LogP contribution in [-0.4, -0.2) is 23.8 Å². The van der Waals surface area contributed by atoms with Crippen molar-refractivity contribution in [1.82, 2.24) is 0 Å². The van der Waals surface area contributed by atoms with Crippen LogP contribution in [0, 0.1) is 6.92 Å². The predicted molar refractivity (Wildman–Crippen MR) is 117 cm³/mol. The number of alkyl halides is 3. The Labute approximate surface area is 193 Å². The molecule has 9 heteroatoms. The van der Waals surface area contributed by atoms with Gasteiger partial charge in [-0.05, 0) is 67.4 Å². The fourth-order valence-electron chi connectivity index (χ4n) is 3.20. The Hall–Kier alpha value is -3.13. The molecule has 1 aromatic heterocycles. The molecule has 0 saturated heterocycles. The summed E-state index contributed by atoms with van der Waals surface area (Å²) in [6.07, 6.45) is -5.33. The van der Waals surface area contributed by atoms with E-state index in [0.29, 0.717) is 34.1 Å². The molecule has 2 aromatic carbocycles. The molecule has 1 heterocycles. The highest BCUT2D eigenvalue weighted by Gasteiger charge is 2.38. The van der Waals surface area contributed by atoms with Crippen LogP contribution in [0.2, 0.25) is 5.02 Å². The highest BCUT2D eigenvalue weighted by Crippen LogP contribution is 2.37. The van der Waals surface area contributed by atoms with E-state index in [9.17, 15) is 18.0 Å². The lowest BCUT2D eigenvalue weighted by atomic mass is 10.1. The van der Waals surface area contributed by atoms with Crippen LogP contribution >= 0.6 is 11.6 Å². The fourth-order valence-corrected chi connectivity index (χ4v) is 3.32. The number of ether oxygens (including phenoxy) is 2. The smallest absolute Gasteiger partial charge is 0.449 e. The van der Waals surface area contributed by atoms with Crippen molar-refractivity contribution in [3.8, 4) is 22.8 Å². The van der Waals surface area contributed by atoms with Gasteiger partial charge in [0.05, 0.1) is 6.61 Å². The van der Waals surface area contributed by atoms with Crippen LogP contribution in [0.5, 0.6) is 11.5 Å². The average molecular weight is 483 g/mol. The van der Waals surface area contributed by atoms with Gasteiger partial charge in [0.25, 0.3) is 0 Å². The summed E-state index contributed by atoms with van der Waals surface area (Å²) in [6.45, 7) is 3.41. The van der Waals surface area contributed by atoms with Crippen LogP contribution in [0.15, 0.2) is 52.9 Å². The van der Waals surface area contributed by atoms with E-state index < -0.39 is 24.0 Å². The van der Waals surface area contributed by atoms with E-state index in [1.54, 1.807) is 56.3 Å². The SMILES string of the molecule is CCC(Oc1ccc(OCCc2cc(-c3ccc(Cl)cc3)oc2C(F)(F)F)cc1C)C(=O)O. The molecule has 3 aromatic rings. The van der Waals surface area contributed by atoms with Crippen LogP contribution in [-0.2, 0) is 17.4 Å². The zero-order valence-corrected chi connectivity index (χ0v) is 18.7. The molecule has 0 radical (unpaired) electrons. The first-order chi connectivity index (χ1) is 15.6. The van der Waals surface area contributed by atoms with Crippen LogP contribution in [0.4, 0.5) is 13.2 Å². The lowest BCUT2D eigenvalue weighted by Gasteiger charge is -2.16. The third-order valence-corrected chi connectivity index (χ3v) is 5.15. The molecule has 0 saturated carbocycles. The first-order valence-corrected chi connectivity index (χ1v) is 10.5. The van der Waals surface area contributed by atoms with Gasteiger partial charge >= 0.3 is 12.1 Å². The number of rotatable bonds is 9. The minimum absolute atomic E-state index is 0.0172. The summed E-state index contributed by atoms with van der Waals surface area (Å²) in [6, 6.07) is 12.5. The molecule has 176 valence electrons. The summed E-state index contributed by atoms with van der Waals surface area (Å²) in [4.78, 5) is 11.2. The minimum Gasteiger partial charge on any atom is -0.493 e. The number of furan rings is 1. The van der Waals surface area contributed by atoms with E-state index in [1.165, 1.54) is 6.07 Å². The number of hydrogen-bond acceptors (Lipinski definition) is 4. The number of aryl methyl sites for hydroxylation is 1. The van der Waals surface area contributed by atoms with Crippen molar-refractivity contribution in [2.45, 2.75) is 39.0 Å². The number of carbonyl (C=O) groups is 1. The highest BCUT2D eigenvalue weighted by molar-refractivity contribution is 6.30. The van der Waals surface area contributed by atoms with Crippen LogP contribution in [0.1, 0.15) is 30.2 Å². The Kier molecular flexibility index (Phi) is 7.58. The first-order valence-electron chi connectivity index (χ1n) is 10.2. The maximum absolute atomic E-state index is 13.5. The molecule has 0 aliphatic heterocycles. The average Bonchev–Trinajstić information content (AvgIpc) is 3.18. The summed E-state index contributed by atoms with van der Waals surface area (Å²) in [5.41, 5.74) is 1.11. The third-order valence-electron chi connectivity index (χ3n) is 4.90. The largest absolute Gasteiger partial charge is 0.493 e. The molecule has 1 N–H and O–H groups in total. The first kappa shape index (κ1) is 24.5. The molecule has 0 fully saturated rings. The Balaban J connectivity index is 1.70. The number of carboxylic acids is 1. The lowest BCUT2D eigenvalue weighted by Crippen LogP contribution is -2.26. The molecule has 0 aliphatic rings. The van der Waals surface area contributed by atoms with Crippen molar-refractivity contribution in [2.24, 2.45) is 0 Å². The number of carboxylic acid groups (broad SMARTS) is 1. The minimum atomic E-state index is -4.64. The van der Waals surface area contributed by atoms with Crippen LogP contribution in [0.3, 0.4) is 0 Å². The van der Waals surface area contributed by atoms with Gasteiger partial charge in [-0.3, -0.25) is 0 Å². The van der Waals surface area contributed by atoms with Gasteiger partial charge in [-0.15, -0.1) is 0 Å². The maximum atomic E-state index is 13.5. The Morgan fingerprint density at radius 2 is 1.85 bits per heavy atom. The number of benzene rings is 2. The van der Waals surface area contributed by atoms with Gasteiger partial charge in [-0.25, -0.2) is 4.79 Å². The highest BCUT2D eigenvalue weighted by atomic mass is 35.5. The molecule has 5 nitrogen and oxygen atoms in total. The fraction of sp³-hybridized carbons (Fsp3) is 0.292. The summed E-state index contributed by atoms with van der Waals surface area (Å²) in [7, 11) is 0. The van der Waals surface area contributed by atoms with Gasteiger partial charge in [0.1, 0.15) is 17.3 Å². The molecule has 0 aliphatic carbocycles. The van der Waals surface area contributed by atoms with E-state index in [-0.39, 0.29) is 24.4 Å². The Morgan fingerprint density at radius 1 is 1.15 bits per heavy atom. The Bertz CT molecular complexity index is 1110. The van der Waals surface area contributed by atoms with Gasteiger partial charge in [-0.2, -0.15) is 13.2 Å². The van der Waals surface area contributed by atoms with E-state index >= 15 is 0 Å². The van der Waals surface area contributed by atoms with Crippen molar-refractivity contribution < 1.29 is 37.0 Å². The maximum Gasteiger partial charge on any atom is 0.449 e. The van der Waals surface area contributed by atoms with E-state index in [2.05, 4.69) is 0 Å². The standard InChI is InChI=1S/C24H22ClF3O5/c1-3-19(23(29)30)32-20-9-8-18(12-14(20)2)31-11-10-16-13-21(33-22(16)24(26,27)28)15-4-6-17(25)7-5-15/h4-9,12-13,19H,3,10-11H2,1-2H3,(H,29,30). The summed E-state index contributed by atoms with van der Waals surface area (Å²) < 4.78 is 56.6. The zero-order valence-electron chi connectivity index (χ0n) is 17.9. The molecule has 0 amide bonds. The number of hydrogen-bond donors (Lipinski definition) is 1. The van der Waals surface area contributed by atoms with Gasteiger partial charge in [0.2, 0.25) is 5.76 Å². The van der Waals surface area contributed by atoms with Gasteiger partial charge in [0, 0.05) is 22.6 Å². The van der Waals surface area contributed by atoms with Crippen molar-refractivity contribution in [3.63, 3.8) is 0 Å². The van der Waals surface area contributed by atoms with Gasteiger partial charge in [0.15, 0.2) is 6.10 Å². The summed E-state index contributed by atoms with van der Waals surface area (Å²) in [5.74, 6) is -1.20. The van der Waals surface area contributed by atoms with Crippen LogP contribution in [0.25, 0.3) is 11.3 Å².